The molecule has 0 aliphatic carbocycles. The Bertz CT molecular complexity index is 2540. The van der Waals surface area contributed by atoms with Crippen molar-refractivity contribution in [2.45, 2.75) is 86.1 Å². The standard InChI is InChI=1S/C52H60FN7O4/c1-8-60(43-20-26-62-27-21-43)47-30-41(40-16-19-48(54-31-40)57-22-24-58(25-23-57)51(61)64-52(5,6)7)29-44(37(47)4)49-56-46(39-14-17-42(53)18-15-39)33-59(49)32-45-35(2)28-36(3)55-50(45)63-34-38-12-10-9-11-13-38/h9-19,28-31,33,43H,8,20-27,32,34H2,1-7H3. The van der Waals surface area contributed by atoms with Crippen LogP contribution in [0.4, 0.5) is 20.7 Å². The molecular formula is C52H60FN7O4. The van der Waals surface area contributed by atoms with E-state index < -0.39 is 5.60 Å². The molecule has 0 atom stereocenters. The molecule has 0 saturated carbocycles. The first-order valence-corrected chi connectivity index (χ1v) is 22.5. The Morgan fingerprint density at radius 3 is 2.27 bits per heavy atom. The molecule has 0 unspecified atom stereocenters. The highest BCUT2D eigenvalue weighted by Gasteiger charge is 2.28. The second kappa shape index (κ2) is 19.2. The van der Waals surface area contributed by atoms with Gasteiger partial charge in [0.25, 0.3) is 0 Å². The van der Waals surface area contributed by atoms with Crippen LogP contribution < -0.4 is 14.5 Å². The highest BCUT2D eigenvalue weighted by Crippen LogP contribution is 2.40. The number of carbonyl (C=O) groups is 1. The van der Waals surface area contributed by atoms with Gasteiger partial charge in [0, 0.05) is 98.0 Å². The van der Waals surface area contributed by atoms with Gasteiger partial charge < -0.3 is 33.5 Å². The van der Waals surface area contributed by atoms with Crippen molar-refractivity contribution in [3.63, 3.8) is 0 Å². The zero-order valence-corrected chi connectivity index (χ0v) is 38.2. The molecule has 2 fully saturated rings. The average molecular weight is 866 g/mol. The van der Waals surface area contributed by atoms with Crippen molar-refractivity contribution in [1.82, 2.24) is 24.4 Å². The normalized spacial score (nSPS) is 14.8. The lowest BCUT2D eigenvalue weighted by Gasteiger charge is -2.37. The minimum Gasteiger partial charge on any atom is -0.473 e. The van der Waals surface area contributed by atoms with Crippen LogP contribution in [-0.4, -0.2) is 88.1 Å². The summed E-state index contributed by atoms with van der Waals surface area (Å²) in [6.07, 6.45) is 5.62. The van der Waals surface area contributed by atoms with Crippen molar-refractivity contribution in [1.29, 1.82) is 0 Å². The van der Waals surface area contributed by atoms with E-state index in [0.717, 1.165) is 106 Å². The van der Waals surface area contributed by atoms with E-state index in [2.05, 4.69) is 83.8 Å². The number of ether oxygens (including phenoxy) is 3. The number of aromatic nitrogens is 4. The van der Waals surface area contributed by atoms with Gasteiger partial charge in [-0.2, -0.15) is 0 Å². The predicted octanol–water partition coefficient (Wildman–Crippen LogP) is 10.4. The van der Waals surface area contributed by atoms with Gasteiger partial charge in [0.05, 0.1) is 12.2 Å². The molecular weight excluding hydrogens is 806 g/mol. The summed E-state index contributed by atoms with van der Waals surface area (Å²) in [6.45, 7) is 19.7. The molecule has 11 nitrogen and oxygen atoms in total. The van der Waals surface area contributed by atoms with E-state index >= 15 is 0 Å². The lowest BCUT2D eigenvalue weighted by Crippen LogP contribution is -2.50. The van der Waals surface area contributed by atoms with Gasteiger partial charge in [-0.3, -0.25) is 0 Å². The number of halogens is 1. The Labute approximate surface area is 376 Å². The Morgan fingerprint density at radius 1 is 0.875 bits per heavy atom. The van der Waals surface area contributed by atoms with Gasteiger partial charge >= 0.3 is 6.09 Å². The molecule has 8 rings (SSSR count). The maximum Gasteiger partial charge on any atom is 0.410 e. The van der Waals surface area contributed by atoms with Gasteiger partial charge in [0.2, 0.25) is 5.88 Å². The number of amides is 1. The van der Waals surface area contributed by atoms with Crippen LogP contribution in [0.2, 0.25) is 0 Å². The first-order valence-electron chi connectivity index (χ1n) is 22.5. The highest BCUT2D eigenvalue weighted by atomic mass is 19.1. The van der Waals surface area contributed by atoms with Gasteiger partial charge in [0.15, 0.2) is 0 Å². The van der Waals surface area contributed by atoms with Crippen LogP contribution in [0.3, 0.4) is 0 Å². The summed E-state index contributed by atoms with van der Waals surface area (Å²) in [6, 6.07) is 27.8. The SMILES string of the molecule is CCN(c1cc(-c2ccc(N3CCN(C(=O)OC(C)(C)C)CC3)nc2)cc(-c2nc(-c3ccc(F)cc3)cn2Cc2c(C)cc(C)nc2OCc2ccccc2)c1C)C1CCOCC1. The van der Waals surface area contributed by atoms with Gasteiger partial charge in [-0.25, -0.2) is 24.1 Å². The lowest BCUT2D eigenvalue weighted by molar-refractivity contribution is 0.0240. The van der Waals surface area contributed by atoms with Crippen molar-refractivity contribution < 1.29 is 23.4 Å². The van der Waals surface area contributed by atoms with Gasteiger partial charge in [-0.1, -0.05) is 30.3 Å². The molecule has 2 aliphatic heterocycles. The molecule has 64 heavy (non-hydrogen) atoms. The number of rotatable bonds is 12. The Balaban J connectivity index is 1.20. The Hall–Kier alpha value is -6.27. The van der Waals surface area contributed by atoms with E-state index in [0.29, 0.717) is 51.3 Å². The number of aryl methyl sites for hydroxylation is 2. The van der Waals surface area contributed by atoms with Crippen LogP contribution in [-0.2, 0) is 22.6 Å². The summed E-state index contributed by atoms with van der Waals surface area (Å²) in [7, 11) is 0. The van der Waals surface area contributed by atoms with Crippen LogP contribution in [0, 0.1) is 26.6 Å². The van der Waals surface area contributed by atoms with E-state index in [9.17, 15) is 9.18 Å². The van der Waals surface area contributed by atoms with Gasteiger partial charge in [-0.15, -0.1) is 0 Å². The monoisotopic (exact) mass is 865 g/mol. The third kappa shape index (κ3) is 10.2. The number of imidazole rings is 1. The van der Waals surface area contributed by atoms with E-state index in [1.807, 2.05) is 52.1 Å². The first-order chi connectivity index (χ1) is 30.8. The molecule has 334 valence electrons. The summed E-state index contributed by atoms with van der Waals surface area (Å²) < 4.78 is 34.4. The molecule has 5 heterocycles. The zero-order valence-electron chi connectivity index (χ0n) is 38.2. The number of nitrogens with zero attached hydrogens (tertiary/aromatic N) is 7. The predicted molar refractivity (Wildman–Crippen MR) is 251 cm³/mol. The van der Waals surface area contributed by atoms with Crippen molar-refractivity contribution in [2.24, 2.45) is 0 Å². The molecule has 2 aliphatic rings. The molecule has 0 spiro atoms. The molecule has 6 aromatic rings. The number of benzene rings is 3. The van der Waals surface area contributed by atoms with Crippen molar-refractivity contribution >= 4 is 17.6 Å². The van der Waals surface area contributed by atoms with Gasteiger partial charge in [-0.05, 0) is 138 Å². The molecule has 1 amide bonds. The molecule has 2 saturated heterocycles. The third-order valence-corrected chi connectivity index (χ3v) is 12.1. The van der Waals surface area contributed by atoms with E-state index in [4.69, 9.17) is 29.2 Å². The second-order valence-electron chi connectivity index (χ2n) is 17.9. The zero-order chi connectivity index (χ0) is 45.0. The smallest absolute Gasteiger partial charge is 0.410 e. The minimum atomic E-state index is -0.539. The summed E-state index contributed by atoms with van der Waals surface area (Å²) >= 11 is 0. The molecule has 0 radical (unpaired) electrons. The summed E-state index contributed by atoms with van der Waals surface area (Å²) in [4.78, 5) is 34.5. The summed E-state index contributed by atoms with van der Waals surface area (Å²) in [5, 5.41) is 0. The Morgan fingerprint density at radius 2 is 1.59 bits per heavy atom. The molecule has 12 heteroatoms. The fraction of sp³-hybridized carbons (Fsp3) is 0.385. The highest BCUT2D eigenvalue weighted by molar-refractivity contribution is 5.81. The lowest BCUT2D eigenvalue weighted by atomic mass is 9.95. The number of hydrogen-bond acceptors (Lipinski definition) is 9. The first kappa shape index (κ1) is 44.3. The molecule has 0 bridgehead atoms. The topological polar surface area (TPSA) is 98.1 Å². The third-order valence-electron chi connectivity index (χ3n) is 12.1. The number of piperazine rings is 1. The maximum atomic E-state index is 14.3. The van der Waals surface area contributed by atoms with E-state index in [1.54, 1.807) is 17.0 Å². The fourth-order valence-corrected chi connectivity index (χ4v) is 8.75. The second-order valence-corrected chi connectivity index (χ2v) is 17.9. The average Bonchev–Trinajstić information content (AvgIpc) is 3.71. The van der Waals surface area contributed by atoms with Crippen LogP contribution in [0.5, 0.6) is 5.88 Å². The minimum absolute atomic E-state index is 0.281. The quantitative estimate of drug-likeness (QED) is 0.119. The largest absolute Gasteiger partial charge is 0.473 e. The number of hydrogen-bond donors (Lipinski definition) is 0. The van der Waals surface area contributed by atoms with Crippen LogP contribution >= 0.6 is 0 Å². The van der Waals surface area contributed by atoms with E-state index in [1.165, 1.54) is 12.1 Å². The number of pyridine rings is 2. The van der Waals surface area contributed by atoms with Gasteiger partial charge in [0.1, 0.15) is 29.7 Å². The Kier molecular flexibility index (Phi) is 13.3. The fourth-order valence-electron chi connectivity index (χ4n) is 8.75. The summed E-state index contributed by atoms with van der Waals surface area (Å²) in [5.74, 6) is 1.94. The van der Waals surface area contributed by atoms with Crippen molar-refractivity contribution in [2.75, 3.05) is 55.7 Å². The maximum absolute atomic E-state index is 14.3. The number of carbonyl (C=O) groups excluding carboxylic acids is 1. The van der Waals surface area contributed by atoms with Crippen LogP contribution in [0.25, 0.3) is 33.8 Å². The number of anilines is 2. The van der Waals surface area contributed by atoms with Crippen LogP contribution in [0.15, 0.2) is 97.3 Å². The van der Waals surface area contributed by atoms with Crippen molar-refractivity contribution in [3.8, 4) is 39.7 Å². The molecule has 3 aromatic carbocycles. The summed E-state index contributed by atoms with van der Waals surface area (Å²) in [5.41, 5.74) is 10.2. The van der Waals surface area contributed by atoms with Crippen molar-refractivity contribution in [3.05, 3.63) is 131 Å². The van der Waals surface area contributed by atoms with E-state index in [-0.39, 0.29) is 11.9 Å². The molecule has 3 aromatic heterocycles. The molecule has 0 N–H and O–H groups in total. The van der Waals surface area contributed by atoms with Crippen LogP contribution in [0.1, 0.15) is 68.5 Å².